The Labute approximate surface area is 133 Å². The minimum atomic E-state index is -4.00. The van der Waals surface area contributed by atoms with Crippen molar-refractivity contribution in [2.45, 2.75) is 11.8 Å². The summed E-state index contributed by atoms with van der Waals surface area (Å²) >= 11 is 0. The fourth-order valence-electron chi connectivity index (χ4n) is 2.17. The van der Waals surface area contributed by atoms with Crippen molar-refractivity contribution in [2.75, 3.05) is 0 Å². The molecule has 3 aromatic rings. The molecule has 0 aliphatic rings. The summed E-state index contributed by atoms with van der Waals surface area (Å²) in [5, 5.41) is 0.784. The first-order chi connectivity index (χ1) is 11.0. The van der Waals surface area contributed by atoms with Gasteiger partial charge in [-0.1, -0.05) is 30.3 Å². The normalized spacial score (nSPS) is 11.3. The maximum atomic E-state index is 12.4. The molecule has 0 amide bonds. The molecule has 0 atom stereocenters. The van der Waals surface area contributed by atoms with Crippen LogP contribution in [-0.2, 0) is 10.1 Å². The Hall–Kier alpha value is -2.73. The molecule has 23 heavy (non-hydrogen) atoms. The fraction of sp³-hybridized carbons (Fsp3) is 0.0588. The molecule has 5 nitrogen and oxygen atoms in total. The van der Waals surface area contributed by atoms with Crippen molar-refractivity contribution < 1.29 is 17.4 Å². The van der Waals surface area contributed by atoms with Crippen LogP contribution in [0.3, 0.4) is 0 Å². The van der Waals surface area contributed by atoms with Gasteiger partial charge in [-0.15, -0.1) is 0 Å². The van der Waals surface area contributed by atoms with E-state index in [0.717, 1.165) is 5.39 Å². The van der Waals surface area contributed by atoms with Gasteiger partial charge in [0.15, 0.2) is 11.5 Å². The second-order valence-corrected chi connectivity index (χ2v) is 6.50. The molecule has 1 aromatic heterocycles. The number of hydrogen-bond donors (Lipinski definition) is 0. The smallest absolute Gasteiger partial charge is 0.339 e. The van der Waals surface area contributed by atoms with Gasteiger partial charge < -0.3 is 4.18 Å². The number of aromatic nitrogens is 1. The third-order valence-electron chi connectivity index (χ3n) is 3.34. The molecule has 0 saturated carbocycles. The first kappa shape index (κ1) is 15.2. The summed E-state index contributed by atoms with van der Waals surface area (Å²) in [6.45, 7) is 1.42. The van der Waals surface area contributed by atoms with Crippen LogP contribution in [0, 0.1) is 0 Å². The maximum Gasteiger partial charge on any atom is 0.339 e. The molecule has 0 bridgehead atoms. The molecule has 0 radical (unpaired) electrons. The SMILES string of the molecule is CC(=O)c1ccc(S(=O)(=O)Oc2cccc3cccnc23)cc1. The van der Waals surface area contributed by atoms with Crippen molar-refractivity contribution >= 4 is 26.8 Å². The van der Waals surface area contributed by atoms with Crippen LogP contribution in [0.25, 0.3) is 10.9 Å². The highest BCUT2D eigenvalue weighted by Gasteiger charge is 2.18. The van der Waals surface area contributed by atoms with E-state index in [1.165, 1.54) is 31.2 Å². The topological polar surface area (TPSA) is 73.3 Å². The molecule has 0 aliphatic carbocycles. The number of Topliss-reactive ketones (excluding diaryl/α,β-unsaturated/α-hetero) is 1. The van der Waals surface area contributed by atoms with Crippen LogP contribution in [0.5, 0.6) is 5.75 Å². The van der Waals surface area contributed by atoms with Gasteiger partial charge in [-0.05, 0) is 31.2 Å². The molecule has 0 N–H and O–H groups in total. The van der Waals surface area contributed by atoms with Gasteiger partial charge in [-0.25, -0.2) is 0 Å². The average molecular weight is 327 g/mol. The Morgan fingerprint density at radius 1 is 1.00 bits per heavy atom. The van der Waals surface area contributed by atoms with Gasteiger partial charge in [-0.2, -0.15) is 8.42 Å². The number of carbonyl (C=O) groups excluding carboxylic acids is 1. The standard InChI is InChI=1S/C17H13NO4S/c1-12(19)13-7-9-15(10-8-13)23(20,21)22-16-6-2-4-14-5-3-11-18-17(14)16/h2-11H,1H3. The van der Waals surface area contributed by atoms with E-state index < -0.39 is 10.1 Å². The number of pyridine rings is 1. The Balaban J connectivity index is 1.98. The lowest BCUT2D eigenvalue weighted by molar-refractivity contribution is 0.101. The van der Waals surface area contributed by atoms with Gasteiger partial charge in [0.25, 0.3) is 0 Å². The molecule has 0 saturated heterocycles. The third-order valence-corrected chi connectivity index (χ3v) is 4.59. The highest BCUT2D eigenvalue weighted by Crippen LogP contribution is 2.26. The van der Waals surface area contributed by atoms with Crippen LogP contribution in [-0.4, -0.2) is 19.2 Å². The van der Waals surface area contributed by atoms with Gasteiger partial charge >= 0.3 is 10.1 Å². The Bertz CT molecular complexity index is 974. The predicted octanol–water partition coefficient (Wildman–Crippen LogP) is 3.21. The first-order valence-electron chi connectivity index (χ1n) is 6.86. The Morgan fingerprint density at radius 2 is 1.70 bits per heavy atom. The van der Waals surface area contributed by atoms with Gasteiger partial charge in [0.1, 0.15) is 10.4 Å². The summed E-state index contributed by atoms with van der Waals surface area (Å²) in [5.74, 6) is 0.0341. The number of rotatable bonds is 4. The minimum Gasteiger partial charge on any atom is -0.377 e. The van der Waals surface area contributed by atoms with E-state index in [4.69, 9.17) is 4.18 Å². The van der Waals surface area contributed by atoms with E-state index in [1.807, 2.05) is 12.1 Å². The monoisotopic (exact) mass is 327 g/mol. The molecule has 0 fully saturated rings. The largest absolute Gasteiger partial charge is 0.377 e. The highest BCUT2D eigenvalue weighted by molar-refractivity contribution is 7.87. The molecule has 6 heteroatoms. The summed E-state index contributed by atoms with van der Waals surface area (Å²) in [6, 6.07) is 14.3. The highest BCUT2D eigenvalue weighted by atomic mass is 32.2. The quantitative estimate of drug-likeness (QED) is 0.543. The zero-order valence-electron chi connectivity index (χ0n) is 12.3. The van der Waals surface area contributed by atoms with Crippen LogP contribution in [0.15, 0.2) is 65.7 Å². The number of fused-ring (bicyclic) bond motifs is 1. The molecule has 0 spiro atoms. The molecule has 2 aromatic carbocycles. The van der Waals surface area contributed by atoms with Crippen molar-refractivity contribution in [3.63, 3.8) is 0 Å². The lowest BCUT2D eigenvalue weighted by atomic mass is 10.2. The van der Waals surface area contributed by atoms with Gasteiger partial charge in [0.05, 0.1) is 0 Å². The molecule has 0 unspecified atom stereocenters. The summed E-state index contributed by atoms with van der Waals surface area (Å²) in [5.41, 5.74) is 0.912. The zero-order chi connectivity index (χ0) is 16.4. The van der Waals surface area contributed by atoms with Crippen LogP contribution < -0.4 is 4.18 Å². The number of para-hydroxylation sites is 1. The second-order valence-electron chi connectivity index (χ2n) is 4.95. The number of ketones is 1. The van der Waals surface area contributed by atoms with Crippen LogP contribution in [0.1, 0.15) is 17.3 Å². The molecular formula is C17H13NO4S. The lowest BCUT2D eigenvalue weighted by Gasteiger charge is -2.09. The lowest BCUT2D eigenvalue weighted by Crippen LogP contribution is -2.10. The van der Waals surface area contributed by atoms with Crippen molar-refractivity contribution in [1.82, 2.24) is 4.98 Å². The van der Waals surface area contributed by atoms with E-state index in [9.17, 15) is 13.2 Å². The summed E-state index contributed by atoms with van der Waals surface area (Å²) in [4.78, 5) is 15.4. The van der Waals surface area contributed by atoms with Gasteiger partial charge in [-0.3, -0.25) is 9.78 Å². The molecule has 1 heterocycles. The van der Waals surface area contributed by atoms with Crippen LogP contribution in [0.4, 0.5) is 0 Å². The van der Waals surface area contributed by atoms with Crippen molar-refractivity contribution in [3.8, 4) is 5.75 Å². The molecule has 116 valence electrons. The zero-order valence-corrected chi connectivity index (χ0v) is 13.1. The van der Waals surface area contributed by atoms with E-state index >= 15 is 0 Å². The van der Waals surface area contributed by atoms with E-state index in [1.54, 1.807) is 24.4 Å². The first-order valence-corrected chi connectivity index (χ1v) is 8.27. The molecular weight excluding hydrogens is 314 g/mol. The third kappa shape index (κ3) is 3.07. The van der Waals surface area contributed by atoms with Crippen LogP contribution in [0.2, 0.25) is 0 Å². The number of hydrogen-bond acceptors (Lipinski definition) is 5. The second kappa shape index (κ2) is 5.81. The van der Waals surface area contributed by atoms with Crippen molar-refractivity contribution in [1.29, 1.82) is 0 Å². The Kier molecular flexibility index (Phi) is 3.83. The summed E-state index contributed by atoms with van der Waals surface area (Å²) in [6.07, 6.45) is 1.57. The number of nitrogens with zero attached hydrogens (tertiary/aromatic N) is 1. The fourth-order valence-corrected chi connectivity index (χ4v) is 3.10. The van der Waals surface area contributed by atoms with Crippen molar-refractivity contribution in [3.05, 3.63) is 66.4 Å². The van der Waals surface area contributed by atoms with Gasteiger partial charge in [0.2, 0.25) is 0 Å². The van der Waals surface area contributed by atoms with E-state index in [0.29, 0.717) is 11.1 Å². The van der Waals surface area contributed by atoms with E-state index in [-0.39, 0.29) is 16.4 Å². The van der Waals surface area contributed by atoms with Crippen molar-refractivity contribution in [2.24, 2.45) is 0 Å². The van der Waals surface area contributed by atoms with Gasteiger partial charge in [0, 0.05) is 17.1 Å². The summed E-state index contributed by atoms with van der Waals surface area (Å²) in [7, 11) is -4.00. The maximum absolute atomic E-state index is 12.4. The number of carbonyl (C=O) groups is 1. The Morgan fingerprint density at radius 3 is 2.39 bits per heavy atom. The van der Waals surface area contributed by atoms with E-state index in [2.05, 4.69) is 4.98 Å². The number of benzene rings is 2. The minimum absolute atomic E-state index is 0.0181. The summed E-state index contributed by atoms with van der Waals surface area (Å²) < 4.78 is 30.0. The molecule has 0 aliphatic heterocycles. The molecule has 3 rings (SSSR count). The average Bonchev–Trinajstić information content (AvgIpc) is 2.55. The predicted molar refractivity (Wildman–Crippen MR) is 86.0 cm³/mol. The van der Waals surface area contributed by atoms with Crippen LogP contribution >= 0.6 is 0 Å².